The fraction of sp³-hybridized carbons (Fsp3) is 0.615. The van der Waals surface area contributed by atoms with Gasteiger partial charge in [-0.05, 0) is 70.8 Å². The second-order valence-electron chi connectivity index (χ2n) is 4.89. The van der Waals surface area contributed by atoms with Crippen LogP contribution >= 0.6 is 43.2 Å². The molecule has 2 heterocycles. The molecule has 1 aromatic rings. The average molecular weight is 410 g/mol. The Morgan fingerprint density at radius 2 is 2.11 bits per heavy atom. The lowest BCUT2D eigenvalue weighted by Crippen LogP contribution is -2.44. The number of hydrogen-bond acceptors (Lipinski definition) is 3. The van der Waals surface area contributed by atoms with Crippen molar-refractivity contribution in [3.05, 3.63) is 19.2 Å². The monoisotopic (exact) mass is 408 g/mol. The van der Waals surface area contributed by atoms with E-state index in [-0.39, 0.29) is 5.91 Å². The molecule has 6 heteroatoms. The van der Waals surface area contributed by atoms with E-state index < -0.39 is 0 Å². The summed E-state index contributed by atoms with van der Waals surface area (Å²) in [5.41, 5.74) is 0. The molecular formula is C13H18Br2N2OS. The van der Waals surface area contributed by atoms with Crippen molar-refractivity contribution in [3.63, 3.8) is 0 Å². The maximum absolute atomic E-state index is 12.0. The van der Waals surface area contributed by atoms with Gasteiger partial charge in [0.05, 0.1) is 8.66 Å². The van der Waals surface area contributed by atoms with Crippen LogP contribution in [0.2, 0.25) is 0 Å². The molecule has 1 aliphatic heterocycles. The molecule has 1 aromatic heterocycles. The minimum Gasteiger partial charge on any atom is -0.350 e. The Labute approximate surface area is 135 Å². The van der Waals surface area contributed by atoms with Crippen LogP contribution in [0, 0.1) is 0 Å². The first-order chi connectivity index (χ1) is 9.08. The van der Waals surface area contributed by atoms with E-state index in [0.717, 1.165) is 26.2 Å². The SMILES string of the molecule is CC(CNC(=O)c1cc(Br)c(Br)s1)N1CCCCC1. The highest BCUT2D eigenvalue weighted by molar-refractivity contribution is 9.13. The van der Waals surface area contributed by atoms with Gasteiger partial charge in [-0.1, -0.05) is 6.42 Å². The van der Waals surface area contributed by atoms with E-state index in [1.807, 2.05) is 6.07 Å². The highest BCUT2D eigenvalue weighted by Gasteiger charge is 2.18. The van der Waals surface area contributed by atoms with Gasteiger partial charge in [-0.15, -0.1) is 11.3 Å². The molecule has 1 unspecified atom stereocenters. The Hall–Kier alpha value is 0.0900. The lowest BCUT2D eigenvalue weighted by molar-refractivity contribution is 0.0934. The van der Waals surface area contributed by atoms with Crippen LogP contribution in [0.1, 0.15) is 35.9 Å². The summed E-state index contributed by atoms with van der Waals surface area (Å²) in [4.78, 5) is 15.2. The van der Waals surface area contributed by atoms with Gasteiger partial charge in [-0.2, -0.15) is 0 Å². The standard InChI is InChI=1S/C13H18Br2N2OS/c1-9(17-5-3-2-4-6-17)8-16-13(18)11-7-10(14)12(15)19-11/h7,9H,2-6,8H2,1H3,(H,16,18). The van der Waals surface area contributed by atoms with Crippen LogP contribution in [0.4, 0.5) is 0 Å². The molecule has 0 aromatic carbocycles. The van der Waals surface area contributed by atoms with Crippen molar-refractivity contribution in [3.8, 4) is 0 Å². The Bertz CT molecular complexity index is 424. The van der Waals surface area contributed by atoms with Crippen molar-refractivity contribution >= 4 is 49.1 Å². The van der Waals surface area contributed by atoms with Crippen LogP contribution in [-0.2, 0) is 0 Å². The Morgan fingerprint density at radius 3 is 2.68 bits per heavy atom. The van der Waals surface area contributed by atoms with Gasteiger partial charge in [0.1, 0.15) is 0 Å². The number of nitrogens with zero attached hydrogens (tertiary/aromatic N) is 1. The number of carbonyl (C=O) groups is 1. The van der Waals surface area contributed by atoms with Gasteiger partial charge in [0, 0.05) is 17.1 Å². The third-order valence-corrected chi connectivity index (χ3v) is 6.70. The van der Waals surface area contributed by atoms with Crippen molar-refractivity contribution in [1.29, 1.82) is 0 Å². The van der Waals surface area contributed by atoms with Crippen LogP contribution in [0.25, 0.3) is 0 Å². The second-order valence-corrected chi connectivity index (χ2v) is 8.11. The molecular weight excluding hydrogens is 392 g/mol. The first kappa shape index (κ1) is 15.5. The zero-order chi connectivity index (χ0) is 13.8. The molecule has 1 fully saturated rings. The van der Waals surface area contributed by atoms with Crippen molar-refractivity contribution in [2.24, 2.45) is 0 Å². The van der Waals surface area contributed by atoms with E-state index in [0.29, 0.717) is 12.6 Å². The van der Waals surface area contributed by atoms with Crippen LogP contribution in [-0.4, -0.2) is 36.5 Å². The van der Waals surface area contributed by atoms with Gasteiger partial charge in [-0.25, -0.2) is 0 Å². The molecule has 0 bridgehead atoms. The van der Waals surface area contributed by atoms with Crippen LogP contribution in [0.5, 0.6) is 0 Å². The van der Waals surface area contributed by atoms with Gasteiger partial charge in [0.2, 0.25) is 0 Å². The summed E-state index contributed by atoms with van der Waals surface area (Å²) >= 11 is 8.27. The minimum atomic E-state index is 0.0141. The molecule has 1 N–H and O–H groups in total. The van der Waals surface area contributed by atoms with E-state index in [1.54, 1.807) is 0 Å². The predicted octanol–water partition coefficient (Wildman–Crippen LogP) is 3.88. The second kappa shape index (κ2) is 7.20. The van der Waals surface area contributed by atoms with Crippen molar-refractivity contribution in [2.45, 2.75) is 32.2 Å². The molecule has 0 radical (unpaired) electrons. The summed E-state index contributed by atoms with van der Waals surface area (Å²) in [5, 5.41) is 3.02. The molecule has 1 amide bonds. The largest absolute Gasteiger partial charge is 0.350 e. The lowest BCUT2D eigenvalue weighted by atomic mass is 10.1. The maximum atomic E-state index is 12.0. The predicted molar refractivity (Wildman–Crippen MR) is 86.9 cm³/mol. The topological polar surface area (TPSA) is 32.3 Å². The fourth-order valence-electron chi connectivity index (χ4n) is 2.27. The number of thiophene rings is 1. The molecule has 3 nitrogen and oxygen atoms in total. The summed E-state index contributed by atoms with van der Waals surface area (Å²) in [6.45, 7) is 5.22. The third kappa shape index (κ3) is 4.28. The Morgan fingerprint density at radius 1 is 1.42 bits per heavy atom. The Balaban J connectivity index is 1.82. The van der Waals surface area contributed by atoms with Crippen LogP contribution < -0.4 is 5.32 Å². The number of amides is 1. The fourth-order valence-corrected chi connectivity index (χ4v) is 4.23. The van der Waals surface area contributed by atoms with Crippen molar-refractivity contribution < 1.29 is 4.79 Å². The van der Waals surface area contributed by atoms with Crippen LogP contribution in [0.3, 0.4) is 0 Å². The molecule has 0 aliphatic carbocycles. The zero-order valence-electron chi connectivity index (χ0n) is 10.9. The van der Waals surface area contributed by atoms with E-state index >= 15 is 0 Å². The number of halogens is 2. The number of likely N-dealkylation sites (tertiary alicyclic amines) is 1. The summed E-state index contributed by atoms with van der Waals surface area (Å²) in [5.74, 6) is 0.0141. The summed E-state index contributed by atoms with van der Waals surface area (Å²) < 4.78 is 1.90. The van der Waals surface area contributed by atoms with E-state index in [1.165, 1.54) is 30.6 Å². The van der Waals surface area contributed by atoms with Gasteiger partial charge < -0.3 is 5.32 Å². The molecule has 0 spiro atoms. The normalized spacial score (nSPS) is 18.3. The summed E-state index contributed by atoms with van der Waals surface area (Å²) in [6, 6.07) is 2.27. The number of hydrogen-bond donors (Lipinski definition) is 1. The van der Waals surface area contributed by atoms with E-state index in [9.17, 15) is 4.79 Å². The van der Waals surface area contributed by atoms with Gasteiger partial charge in [-0.3, -0.25) is 9.69 Å². The molecule has 1 aliphatic rings. The summed E-state index contributed by atoms with van der Waals surface area (Å²) in [6.07, 6.45) is 3.90. The first-order valence-corrected chi connectivity index (χ1v) is 8.95. The molecule has 106 valence electrons. The van der Waals surface area contributed by atoms with Gasteiger partial charge in [0.25, 0.3) is 5.91 Å². The molecule has 2 rings (SSSR count). The minimum absolute atomic E-state index is 0.0141. The zero-order valence-corrected chi connectivity index (χ0v) is 14.9. The van der Waals surface area contributed by atoms with Gasteiger partial charge in [0.15, 0.2) is 0 Å². The van der Waals surface area contributed by atoms with Gasteiger partial charge >= 0.3 is 0 Å². The van der Waals surface area contributed by atoms with Crippen molar-refractivity contribution in [2.75, 3.05) is 19.6 Å². The highest BCUT2D eigenvalue weighted by atomic mass is 79.9. The van der Waals surface area contributed by atoms with Crippen LogP contribution in [0.15, 0.2) is 14.3 Å². The molecule has 1 saturated heterocycles. The number of carbonyl (C=O) groups excluding carboxylic acids is 1. The third-order valence-electron chi connectivity index (χ3n) is 3.44. The van der Waals surface area contributed by atoms with E-state index in [4.69, 9.17) is 0 Å². The molecule has 0 saturated carbocycles. The highest BCUT2D eigenvalue weighted by Crippen LogP contribution is 2.32. The number of rotatable bonds is 4. The average Bonchev–Trinajstić information content (AvgIpc) is 2.77. The van der Waals surface area contributed by atoms with Crippen molar-refractivity contribution in [1.82, 2.24) is 10.2 Å². The smallest absolute Gasteiger partial charge is 0.261 e. The lowest BCUT2D eigenvalue weighted by Gasteiger charge is -2.32. The maximum Gasteiger partial charge on any atom is 0.261 e. The first-order valence-electron chi connectivity index (χ1n) is 6.55. The van der Waals surface area contributed by atoms with E-state index in [2.05, 4.69) is 49.0 Å². The number of piperidine rings is 1. The summed E-state index contributed by atoms with van der Waals surface area (Å²) in [7, 11) is 0. The quantitative estimate of drug-likeness (QED) is 0.818. The molecule has 19 heavy (non-hydrogen) atoms. The number of nitrogens with one attached hydrogen (secondary N) is 1. The Kier molecular flexibility index (Phi) is 5.87. The molecule has 1 atom stereocenters.